The molecule has 0 bridgehead atoms. The van der Waals surface area contributed by atoms with Crippen molar-refractivity contribution in [2.24, 2.45) is 0 Å². The normalized spacial score (nSPS) is 14.5. The van der Waals surface area contributed by atoms with Crippen molar-refractivity contribution in [3.05, 3.63) is 24.0 Å². The summed E-state index contributed by atoms with van der Waals surface area (Å²) >= 11 is 1.96. The van der Waals surface area contributed by atoms with Gasteiger partial charge in [0.15, 0.2) is 17.3 Å². The molecule has 0 saturated carbocycles. The van der Waals surface area contributed by atoms with Crippen molar-refractivity contribution in [2.45, 2.75) is 6.92 Å². The maximum atomic E-state index is 6.43. The lowest BCUT2D eigenvalue weighted by molar-refractivity contribution is 0.355. The number of methoxy groups -OCH3 is 2. The molecular formula is C17H22N4O2S. The molecule has 1 aromatic heterocycles. The minimum atomic E-state index is 0.611. The third kappa shape index (κ3) is 3.21. The van der Waals surface area contributed by atoms with Crippen molar-refractivity contribution in [1.82, 2.24) is 9.97 Å². The van der Waals surface area contributed by atoms with E-state index in [2.05, 4.69) is 14.9 Å². The van der Waals surface area contributed by atoms with Crippen LogP contribution in [-0.2, 0) is 0 Å². The van der Waals surface area contributed by atoms with Crippen LogP contribution in [0.2, 0.25) is 0 Å². The smallest absolute Gasteiger partial charge is 0.161 e. The molecular weight excluding hydrogens is 324 g/mol. The first-order valence-electron chi connectivity index (χ1n) is 7.83. The molecule has 0 radical (unpaired) electrons. The number of ether oxygens (including phenoxy) is 2. The summed E-state index contributed by atoms with van der Waals surface area (Å²) in [6.45, 7) is 3.80. The van der Waals surface area contributed by atoms with E-state index in [0.29, 0.717) is 23.0 Å². The molecule has 0 amide bonds. The Hall–Kier alpha value is -2.15. The molecule has 0 unspecified atom stereocenters. The summed E-state index contributed by atoms with van der Waals surface area (Å²) in [5, 5.41) is 0. The largest absolute Gasteiger partial charge is 0.493 e. The molecule has 1 fully saturated rings. The van der Waals surface area contributed by atoms with Crippen molar-refractivity contribution in [3.8, 4) is 22.8 Å². The zero-order chi connectivity index (χ0) is 17.1. The molecule has 1 aromatic carbocycles. The fourth-order valence-electron chi connectivity index (χ4n) is 2.79. The average Bonchev–Trinajstić information content (AvgIpc) is 2.63. The molecule has 128 valence electrons. The molecule has 0 spiro atoms. The molecule has 2 N–H and O–H groups in total. The number of aryl methyl sites for hydroxylation is 1. The summed E-state index contributed by atoms with van der Waals surface area (Å²) < 4.78 is 10.7. The fourth-order valence-corrected chi connectivity index (χ4v) is 3.69. The molecule has 2 aromatic rings. The molecule has 2 heterocycles. The number of aromatic nitrogens is 2. The van der Waals surface area contributed by atoms with Crippen molar-refractivity contribution < 1.29 is 9.47 Å². The Bertz CT molecular complexity index is 733. The van der Waals surface area contributed by atoms with Crippen LogP contribution in [0.3, 0.4) is 0 Å². The Labute approximate surface area is 146 Å². The Morgan fingerprint density at radius 1 is 1.08 bits per heavy atom. The predicted molar refractivity (Wildman–Crippen MR) is 99.3 cm³/mol. The lowest BCUT2D eigenvalue weighted by atomic mass is 10.1. The van der Waals surface area contributed by atoms with Crippen molar-refractivity contribution in [2.75, 3.05) is 49.4 Å². The predicted octanol–water partition coefficient (Wildman–Crippen LogP) is 2.60. The molecule has 0 aliphatic carbocycles. The fraction of sp³-hybridized carbons (Fsp3) is 0.412. The highest BCUT2D eigenvalue weighted by atomic mass is 32.2. The summed E-state index contributed by atoms with van der Waals surface area (Å²) in [7, 11) is 3.24. The number of rotatable bonds is 4. The van der Waals surface area contributed by atoms with Gasteiger partial charge in [0.2, 0.25) is 0 Å². The van der Waals surface area contributed by atoms with E-state index in [4.69, 9.17) is 15.2 Å². The van der Waals surface area contributed by atoms with E-state index in [-0.39, 0.29) is 0 Å². The second-order valence-electron chi connectivity index (χ2n) is 5.53. The first-order valence-corrected chi connectivity index (χ1v) is 8.98. The summed E-state index contributed by atoms with van der Waals surface area (Å²) in [6.07, 6.45) is 0. The van der Waals surface area contributed by atoms with Crippen LogP contribution in [0.15, 0.2) is 18.2 Å². The minimum absolute atomic E-state index is 0.611. The number of nitrogens with zero attached hydrogens (tertiary/aromatic N) is 3. The zero-order valence-electron chi connectivity index (χ0n) is 14.2. The summed E-state index contributed by atoms with van der Waals surface area (Å²) in [5.41, 5.74) is 8.67. The summed E-state index contributed by atoms with van der Waals surface area (Å²) in [6, 6.07) is 5.70. The van der Waals surface area contributed by atoms with Crippen LogP contribution in [-0.4, -0.2) is 48.8 Å². The monoisotopic (exact) mass is 346 g/mol. The highest BCUT2D eigenvalue weighted by Gasteiger charge is 2.20. The number of nitrogens with two attached hydrogens (primary N) is 1. The Balaban J connectivity index is 2.06. The van der Waals surface area contributed by atoms with Gasteiger partial charge in [-0.2, -0.15) is 11.8 Å². The second-order valence-corrected chi connectivity index (χ2v) is 6.75. The average molecular weight is 346 g/mol. The Morgan fingerprint density at radius 3 is 2.46 bits per heavy atom. The molecule has 1 saturated heterocycles. The van der Waals surface area contributed by atoms with E-state index < -0.39 is 0 Å². The maximum Gasteiger partial charge on any atom is 0.161 e. The van der Waals surface area contributed by atoms with Gasteiger partial charge >= 0.3 is 0 Å². The lowest BCUT2D eigenvalue weighted by Gasteiger charge is -2.29. The number of hydrogen-bond acceptors (Lipinski definition) is 7. The molecule has 1 aliphatic heterocycles. The molecule has 24 heavy (non-hydrogen) atoms. The van der Waals surface area contributed by atoms with Crippen molar-refractivity contribution in [1.29, 1.82) is 0 Å². The van der Waals surface area contributed by atoms with Gasteiger partial charge in [0, 0.05) is 30.2 Å². The van der Waals surface area contributed by atoms with Gasteiger partial charge in [-0.1, -0.05) is 0 Å². The van der Waals surface area contributed by atoms with E-state index in [0.717, 1.165) is 41.7 Å². The maximum absolute atomic E-state index is 6.43. The van der Waals surface area contributed by atoms with Gasteiger partial charge in [0.1, 0.15) is 11.5 Å². The third-order valence-electron chi connectivity index (χ3n) is 4.00. The van der Waals surface area contributed by atoms with E-state index in [1.54, 1.807) is 14.2 Å². The van der Waals surface area contributed by atoms with Crippen LogP contribution < -0.4 is 20.1 Å². The first-order chi connectivity index (χ1) is 11.6. The van der Waals surface area contributed by atoms with Crippen LogP contribution in [0, 0.1) is 6.92 Å². The summed E-state index contributed by atoms with van der Waals surface area (Å²) in [4.78, 5) is 11.4. The number of benzene rings is 1. The summed E-state index contributed by atoms with van der Waals surface area (Å²) in [5.74, 6) is 5.05. The van der Waals surface area contributed by atoms with Crippen LogP contribution in [0.25, 0.3) is 11.3 Å². The van der Waals surface area contributed by atoms with Crippen molar-refractivity contribution >= 4 is 23.3 Å². The van der Waals surface area contributed by atoms with Crippen LogP contribution in [0.1, 0.15) is 5.82 Å². The number of anilines is 2. The standard InChI is InChI=1S/C17H22N4O2S/c1-11-19-16(12-4-5-13(22-2)14(10-12)23-3)15(18)17(20-11)21-6-8-24-9-7-21/h4-5,10H,6-9,18H2,1-3H3. The van der Waals surface area contributed by atoms with Gasteiger partial charge < -0.3 is 20.1 Å². The minimum Gasteiger partial charge on any atom is -0.493 e. The second kappa shape index (κ2) is 7.17. The van der Waals surface area contributed by atoms with E-state index in [1.807, 2.05) is 36.9 Å². The molecule has 6 nitrogen and oxygen atoms in total. The van der Waals surface area contributed by atoms with Gasteiger partial charge in [-0.15, -0.1) is 0 Å². The highest BCUT2D eigenvalue weighted by molar-refractivity contribution is 7.99. The molecule has 0 atom stereocenters. The van der Waals surface area contributed by atoms with Gasteiger partial charge in [0.05, 0.1) is 19.9 Å². The van der Waals surface area contributed by atoms with Crippen LogP contribution >= 0.6 is 11.8 Å². The van der Waals surface area contributed by atoms with Gasteiger partial charge in [-0.05, 0) is 25.1 Å². The van der Waals surface area contributed by atoms with Gasteiger partial charge in [-0.3, -0.25) is 0 Å². The van der Waals surface area contributed by atoms with E-state index >= 15 is 0 Å². The third-order valence-corrected chi connectivity index (χ3v) is 4.95. The van der Waals surface area contributed by atoms with Crippen molar-refractivity contribution in [3.63, 3.8) is 0 Å². The van der Waals surface area contributed by atoms with Gasteiger partial charge in [0.25, 0.3) is 0 Å². The van der Waals surface area contributed by atoms with E-state index in [1.165, 1.54) is 0 Å². The zero-order valence-corrected chi connectivity index (χ0v) is 15.0. The SMILES string of the molecule is COc1ccc(-c2nc(C)nc(N3CCSCC3)c2N)cc1OC. The molecule has 3 rings (SSSR count). The van der Waals surface area contributed by atoms with Gasteiger partial charge in [-0.25, -0.2) is 9.97 Å². The number of thioether (sulfide) groups is 1. The molecule has 7 heteroatoms. The van der Waals surface area contributed by atoms with Crippen LogP contribution in [0.4, 0.5) is 11.5 Å². The quantitative estimate of drug-likeness (QED) is 0.912. The Morgan fingerprint density at radius 2 is 1.79 bits per heavy atom. The molecule has 1 aliphatic rings. The topological polar surface area (TPSA) is 73.5 Å². The number of nitrogen functional groups attached to an aromatic ring is 1. The van der Waals surface area contributed by atoms with E-state index in [9.17, 15) is 0 Å². The lowest BCUT2D eigenvalue weighted by Crippen LogP contribution is -2.34. The first kappa shape index (κ1) is 16.7. The Kier molecular flexibility index (Phi) is 4.99. The highest BCUT2D eigenvalue weighted by Crippen LogP contribution is 2.36. The number of hydrogen-bond donors (Lipinski definition) is 1. The van der Waals surface area contributed by atoms with Crippen LogP contribution in [0.5, 0.6) is 11.5 Å².